The van der Waals surface area contributed by atoms with Crippen molar-refractivity contribution < 1.29 is 0 Å². The largest absolute Gasteiger partial charge is 0.378 e. The smallest absolute Gasteiger partial charge is 0.142 e. The third-order valence-electron chi connectivity index (χ3n) is 2.94. The van der Waals surface area contributed by atoms with Crippen LogP contribution in [0.15, 0.2) is 54.0 Å². The van der Waals surface area contributed by atoms with Crippen molar-refractivity contribution in [1.29, 1.82) is 5.26 Å². The van der Waals surface area contributed by atoms with Crippen LogP contribution in [-0.4, -0.2) is 9.97 Å². The number of aromatic nitrogens is 2. The lowest BCUT2D eigenvalue weighted by Crippen LogP contribution is -2.01. The van der Waals surface area contributed by atoms with Crippen LogP contribution in [0.5, 0.6) is 0 Å². The van der Waals surface area contributed by atoms with Crippen LogP contribution in [0.2, 0.25) is 0 Å². The van der Waals surface area contributed by atoms with E-state index in [0.717, 1.165) is 22.1 Å². The minimum Gasteiger partial charge on any atom is -0.378 e. The zero-order valence-corrected chi connectivity index (χ0v) is 12.0. The molecule has 0 saturated heterocycles. The molecule has 2 heterocycles. The van der Waals surface area contributed by atoms with E-state index < -0.39 is 0 Å². The summed E-state index contributed by atoms with van der Waals surface area (Å²) in [6, 6.07) is 15.4. The fourth-order valence-corrected chi connectivity index (χ4v) is 2.71. The average Bonchev–Trinajstić information content (AvgIpc) is 3.03. The highest BCUT2D eigenvalue weighted by Crippen LogP contribution is 2.22. The predicted octanol–water partition coefficient (Wildman–Crippen LogP) is 3.69. The van der Waals surface area contributed by atoms with Crippen LogP contribution in [0.25, 0.3) is 10.7 Å². The zero-order chi connectivity index (χ0) is 14.5. The molecule has 1 aromatic carbocycles. The van der Waals surface area contributed by atoms with Gasteiger partial charge in [-0.3, -0.25) is 4.98 Å². The van der Waals surface area contributed by atoms with Gasteiger partial charge in [0.1, 0.15) is 11.1 Å². The van der Waals surface area contributed by atoms with Crippen LogP contribution >= 0.6 is 11.3 Å². The summed E-state index contributed by atoms with van der Waals surface area (Å²) in [7, 11) is 0. The molecule has 5 heteroatoms. The van der Waals surface area contributed by atoms with E-state index in [9.17, 15) is 0 Å². The molecule has 0 atom stereocenters. The van der Waals surface area contributed by atoms with Crippen molar-refractivity contribution in [3.63, 3.8) is 0 Å². The summed E-state index contributed by atoms with van der Waals surface area (Å²) in [5, 5.41) is 15.2. The fraction of sp³-hybridized carbons (Fsp3) is 0.0625. The summed E-state index contributed by atoms with van der Waals surface area (Å²) in [4.78, 5) is 8.85. The van der Waals surface area contributed by atoms with Crippen molar-refractivity contribution in [3.8, 4) is 16.8 Å². The number of para-hydroxylation sites is 1. The Balaban J connectivity index is 1.72. The molecule has 0 unspecified atom stereocenters. The second-order valence-electron chi connectivity index (χ2n) is 4.37. The molecule has 0 radical (unpaired) electrons. The molecule has 102 valence electrons. The molecule has 4 nitrogen and oxygen atoms in total. The maximum atomic E-state index is 9.06. The van der Waals surface area contributed by atoms with Gasteiger partial charge in [-0.15, -0.1) is 11.3 Å². The number of anilines is 1. The van der Waals surface area contributed by atoms with Crippen LogP contribution < -0.4 is 5.32 Å². The van der Waals surface area contributed by atoms with Gasteiger partial charge in [0.2, 0.25) is 0 Å². The van der Waals surface area contributed by atoms with Crippen LogP contribution in [0.3, 0.4) is 0 Å². The molecule has 21 heavy (non-hydrogen) atoms. The number of pyridine rings is 1. The Labute approximate surface area is 126 Å². The van der Waals surface area contributed by atoms with Gasteiger partial charge >= 0.3 is 0 Å². The van der Waals surface area contributed by atoms with Crippen LogP contribution in [0.1, 0.15) is 11.3 Å². The SMILES string of the molecule is N#Cc1ccccc1NCc1csc(-c2ccccn2)n1. The molecule has 0 aliphatic rings. The van der Waals surface area contributed by atoms with E-state index in [2.05, 4.69) is 21.4 Å². The van der Waals surface area contributed by atoms with Crippen LogP contribution in [-0.2, 0) is 6.54 Å². The molecule has 0 saturated carbocycles. The Morgan fingerprint density at radius 1 is 1.14 bits per heavy atom. The highest BCUT2D eigenvalue weighted by Gasteiger charge is 2.06. The summed E-state index contributed by atoms with van der Waals surface area (Å²) in [5.74, 6) is 0. The topological polar surface area (TPSA) is 61.6 Å². The Bertz CT molecular complexity index is 774. The first-order valence-corrected chi connectivity index (χ1v) is 7.33. The first-order valence-electron chi connectivity index (χ1n) is 6.45. The molecule has 0 aliphatic heterocycles. The first kappa shape index (κ1) is 13.3. The molecular formula is C16H12N4S. The summed E-state index contributed by atoms with van der Waals surface area (Å²) in [6.45, 7) is 0.585. The molecule has 2 aromatic heterocycles. The van der Waals surface area contributed by atoms with E-state index in [0.29, 0.717) is 12.1 Å². The molecule has 0 aliphatic carbocycles. The second-order valence-corrected chi connectivity index (χ2v) is 5.23. The van der Waals surface area contributed by atoms with Gasteiger partial charge in [0.05, 0.1) is 29.2 Å². The van der Waals surface area contributed by atoms with E-state index in [1.165, 1.54) is 0 Å². The van der Waals surface area contributed by atoms with Crippen LogP contribution in [0, 0.1) is 11.3 Å². The molecule has 3 rings (SSSR count). The average molecular weight is 292 g/mol. The second kappa shape index (κ2) is 6.16. The highest BCUT2D eigenvalue weighted by atomic mass is 32.1. The van der Waals surface area contributed by atoms with Gasteiger partial charge < -0.3 is 5.32 Å². The van der Waals surface area contributed by atoms with E-state index in [1.807, 2.05) is 41.8 Å². The van der Waals surface area contributed by atoms with Gasteiger partial charge in [0.25, 0.3) is 0 Å². The third-order valence-corrected chi connectivity index (χ3v) is 3.86. The number of nitrogens with one attached hydrogen (secondary N) is 1. The maximum Gasteiger partial charge on any atom is 0.142 e. The van der Waals surface area contributed by atoms with E-state index >= 15 is 0 Å². The molecule has 1 N–H and O–H groups in total. The van der Waals surface area contributed by atoms with Crippen molar-refractivity contribution >= 4 is 17.0 Å². The fourth-order valence-electron chi connectivity index (χ4n) is 1.92. The van der Waals surface area contributed by atoms with E-state index in [-0.39, 0.29) is 0 Å². The van der Waals surface area contributed by atoms with Crippen molar-refractivity contribution in [3.05, 3.63) is 65.3 Å². The third kappa shape index (κ3) is 3.07. The number of hydrogen-bond acceptors (Lipinski definition) is 5. The number of benzene rings is 1. The normalized spacial score (nSPS) is 10.0. The summed E-state index contributed by atoms with van der Waals surface area (Å²) in [5.41, 5.74) is 3.28. The number of nitrogens with zero attached hydrogens (tertiary/aromatic N) is 3. The van der Waals surface area contributed by atoms with Gasteiger partial charge in [0, 0.05) is 11.6 Å². The van der Waals surface area contributed by atoms with Crippen molar-refractivity contribution in [2.24, 2.45) is 0 Å². The number of nitriles is 1. The summed E-state index contributed by atoms with van der Waals surface area (Å²) >= 11 is 1.57. The van der Waals surface area contributed by atoms with Gasteiger partial charge in [-0.25, -0.2) is 4.98 Å². The number of thiazole rings is 1. The molecule has 0 amide bonds. The Morgan fingerprint density at radius 2 is 2.00 bits per heavy atom. The number of rotatable bonds is 4. The monoisotopic (exact) mass is 292 g/mol. The van der Waals surface area contributed by atoms with E-state index in [4.69, 9.17) is 5.26 Å². The minimum atomic E-state index is 0.585. The Morgan fingerprint density at radius 3 is 2.81 bits per heavy atom. The lowest BCUT2D eigenvalue weighted by Gasteiger charge is -2.05. The molecule has 0 spiro atoms. The van der Waals surface area contributed by atoms with Gasteiger partial charge in [0.15, 0.2) is 0 Å². The summed E-state index contributed by atoms with van der Waals surface area (Å²) in [6.07, 6.45) is 1.76. The van der Waals surface area contributed by atoms with Crippen LogP contribution in [0.4, 0.5) is 5.69 Å². The minimum absolute atomic E-state index is 0.585. The highest BCUT2D eigenvalue weighted by molar-refractivity contribution is 7.13. The predicted molar refractivity (Wildman–Crippen MR) is 83.8 cm³/mol. The Kier molecular flexibility index (Phi) is 3.90. The standard InChI is InChI=1S/C16H12N4S/c17-9-12-5-1-2-6-14(12)19-10-13-11-21-16(20-13)15-7-3-4-8-18-15/h1-8,11,19H,10H2. The molecule has 0 bridgehead atoms. The Hall–Kier alpha value is -2.71. The molecule has 3 aromatic rings. The maximum absolute atomic E-state index is 9.06. The molecule has 0 fully saturated rings. The van der Waals surface area contributed by atoms with Gasteiger partial charge in [-0.1, -0.05) is 18.2 Å². The molecular weight excluding hydrogens is 280 g/mol. The first-order chi connectivity index (χ1) is 10.4. The summed E-state index contributed by atoms with van der Waals surface area (Å²) < 4.78 is 0. The lowest BCUT2D eigenvalue weighted by atomic mass is 10.2. The lowest BCUT2D eigenvalue weighted by molar-refractivity contribution is 1.07. The van der Waals surface area contributed by atoms with E-state index in [1.54, 1.807) is 23.6 Å². The van der Waals surface area contributed by atoms with Crippen molar-refractivity contribution in [2.75, 3.05) is 5.32 Å². The van der Waals surface area contributed by atoms with Crippen molar-refractivity contribution in [2.45, 2.75) is 6.54 Å². The van der Waals surface area contributed by atoms with Gasteiger partial charge in [-0.05, 0) is 24.3 Å². The van der Waals surface area contributed by atoms with Crippen molar-refractivity contribution in [1.82, 2.24) is 9.97 Å². The number of hydrogen-bond donors (Lipinski definition) is 1. The quantitative estimate of drug-likeness (QED) is 0.796. The zero-order valence-electron chi connectivity index (χ0n) is 11.2. The van der Waals surface area contributed by atoms with Gasteiger partial charge in [-0.2, -0.15) is 5.26 Å².